The number of hydrogen-bond donors (Lipinski definition) is 1. The summed E-state index contributed by atoms with van der Waals surface area (Å²) in [4.78, 5) is 29.0. The van der Waals surface area contributed by atoms with Crippen LogP contribution in [0.25, 0.3) is 5.65 Å². The van der Waals surface area contributed by atoms with E-state index in [1.54, 1.807) is 28.8 Å². The van der Waals surface area contributed by atoms with Crippen molar-refractivity contribution in [2.45, 2.75) is 26.9 Å². The van der Waals surface area contributed by atoms with E-state index >= 15 is 0 Å². The van der Waals surface area contributed by atoms with Gasteiger partial charge in [0, 0.05) is 11.9 Å². The summed E-state index contributed by atoms with van der Waals surface area (Å²) in [6, 6.07) is 11.0. The number of amides is 1. The van der Waals surface area contributed by atoms with Crippen molar-refractivity contribution in [3.8, 4) is 5.75 Å². The Balaban J connectivity index is 1.71. The van der Waals surface area contributed by atoms with Crippen molar-refractivity contribution in [3.63, 3.8) is 0 Å². The van der Waals surface area contributed by atoms with Gasteiger partial charge >= 0.3 is 5.97 Å². The van der Waals surface area contributed by atoms with E-state index in [1.165, 1.54) is 14.0 Å². The molecule has 0 fully saturated rings. The summed E-state index contributed by atoms with van der Waals surface area (Å²) in [7, 11) is 1.52. The summed E-state index contributed by atoms with van der Waals surface area (Å²) in [5.41, 5.74) is 3.22. The predicted molar refractivity (Wildman–Crippen MR) is 101 cm³/mol. The maximum atomic E-state index is 12.4. The van der Waals surface area contributed by atoms with Gasteiger partial charge in [-0.3, -0.25) is 4.79 Å². The quantitative estimate of drug-likeness (QED) is 0.701. The second-order valence-electron chi connectivity index (χ2n) is 6.26. The topological polar surface area (TPSA) is 81.9 Å². The SMILES string of the molecule is COc1ccc(C)cc1NC(=O)[C@H](C)OC(=O)c1cn2c(C)cccc2n1. The van der Waals surface area contributed by atoms with Crippen molar-refractivity contribution in [1.82, 2.24) is 9.38 Å². The minimum atomic E-state index is -0.992. The molecule has 0 aliphatic heterocycles. The van der Waals surface area contributed by atoms with Gasteiger partial charge in [0.05, 0.1) is 12.8 Å². The van der Waals surface area contributed by atoms with Gasteiger partial charge in [-0.1, -0.05) is 12.1 Å². The van der Waals surface area contributed by atoms with Crippen molar-refractivity contribution in [3.05, 3.63) is 59.5 Å². The van der Waals surface area contributed by atoms with Crippen LogP contribution in [0.1, 0.15) is 28.7 Å². The molecule has 7 heteroatoms. The minimum Gasteiger partial charge on any atom is -0.495 e. The number of pyridine rings is 1. The molecule has 0 aliphatic carbocycles. The van der Waals surface area contributed by atoms with Crippen LogP contribution >= 0.6 is 0 Å². The van der Waals surface area contributed by atoms with Crippen LogP contribution in [0.4, 0.5) is 5.69 Å². The van der Waals surface area contributed by atoms with Crippen LogP contribution in [0.15, 0.2) is 42.6 Å². The Morgan fingerprint density at radius 3 is 2.67 bits per heavy atom. The first kappa shape index (κ1) is 18.4. The number of nitrogens with one attached hydrogen (secondary N) is 1. The summed E-state index contributed by atoms with van der Waals surface area (Å²) in [6.07, 6.45) is 0.606. The molecule has 1 amide bonds. The molecule has 0 radical (unpaired) electrons. The maximum absolute atomic E-state index is 12.4. The number of rotatable bonds is 5. The smallest absolute Gasteiger partial charge is 0.359 e. The largest absolute Gasteiger partial charge is 0.495 e. The van der Waals surface area contributed by atoms with E-state index in [0.717, 1.165) is 11.3 Å². The molecule has 3 aromatic rings. The first-order chi connectivity index (χ1) is 12.9. The lowest BCUT2D eigenvalue weighted by Crippen LogP contribution is -2.30. The minimum absolute atomic E-state index is 0.150. The van der Waals surface area contributed by atoms with Gasteiger partial charge in [0.2, 0.25) is 0 Å². The highest BCUT2D eigenvalue weighted by molar-refractivity contribution is 5.98. The van der Waals surface area contributed by atoms with Crippen LogP contribution in [-0.4, -0.2) is 34.5 Å². The number of ether oxygens (including phenoxy) is 2. The van der Waals surface area contributed by atoms with Crippen molar-refractivity contribution >= 4 is 23.2 Å². The number of carbonyl (C=O) groups excluding carboxylic acids is 2. The zero-order chi connectivity index (χ0) is 19.6. The van der Waals surface area contributed by atoms with Crippen molar-refractivity contribution < 1.29 is 19.1 Å². The van der Waals surface area contributed by atoms with Gasteiger partial charge < -0.3 is 19.2 Å². The van der Waals surface area contributed by atoms with Gasteiger partial charge in [-0.25, -0.2) is 9.78 Å². The van der Waals surface area contributed by atoms with E-state index in [4.69, 9.17) is 9.47 Å². The monoisotopic (exact) mass is 367 g/mol. The van der Waals surface area contributed by atoms with E-state index in [9.17, 15) is 9.59 Å². The van der Waals surface area contributed by atoms with Gasteiger partial charge in [0.1, 0.15) is 11.4 Å². The number of benzene rings is 1. The van der Waals surface area contributed by atoms with Crippen molar-refractivity contribution in [1.29, 1.82) is 0 Å². The Labute approximate surface area is 156 Å². The number of hydrogen-bond acceptors (Lipinski definition) is 5. The zero-order valence-corrected chi connectivity index (χ0v) is 15.6. The molecule has 0 saturated heterocycles. The highest BCUT2D eigenvalue weighted by Crippen LogP contribution is 2.25. The van der Waals surface area contributed by atoms with Crippen molar-refractivity contribution in [2.24, 2.45) is 0 Å². The lowest BCUT2D eigenvalue weighted by Gasteiger charge is -2.15. The second-order valence-corrected chi connectivity index (χ2v) is 6.26. The third-order valence-electron chi connectivity index (χ3n) is 4.17. The first-order valence-electron chi connectivity index (χ1n) is 8.50. The molecule has 1 aromatic carbocycles. The van der Waals surface area contributed by atoms with Gasteiger partial charge in [-0.05, 0) is 50.6 Å². The van der Waals surface area contributed by atoms with Crippen LogP contribution < -0.4 is 10.1 Å². The number of nitrogens with zero attached hydrogens (tertiary/aromatic N) is 2. The van der Waals surface area contributed by atoms with Crippen molar-refractivity contribution in [2.75, 3.05) is 12.4 Å². The number of carbonyl (C=O) groups is 2. The molecule has 0 unspecified atom stereocenters. The Kier molecular flexibility index (Phi) is 5.12. The molecular formula is C20H21N3O4. The number of imidazole rings is 1. The summed E-state index contributed by atoms with van der Waals surface area (Å²) in [6.45, 7) is 5.33. The molecule has 7 nitrogen and oxygen atoms in total. The fourth-order valence-corrected chi connectivity index (χ4v) is 2.68. The average molecular weight is 367 g/mol. The number of aryl methyl sites for hydroxylation is 2. The molecule has 1 N–H and O–H groups in total. The zero-order valence-electron chi connectivity index (χ0n) is 15.6. The Morgan fingerprint density at radius 1 is 1.19 bits per heavy atom. The van der Waals surface area contributed by atoms with Crippen LogP contribution in [0.5, 0.6) is 5.75 Å². The number of methoxy groups -OCH3 is 1. The normalized spacial score (nSPS) is 11.9. The van der Waals surface area contributed by atoms with Crippen LogP contribution in [0, 0.1) is 13.8 Å². The van der Waals surface area contributed by atoms with Gasteiger partial charge in [-0.2, -0.15) is 0 Å². The van der Waals surface area contributed by atoms with Gasteiger partial charge in [-0.15, -0.1) is 0 Å². The highest BCUT2D eigenvalue weighted by Gasteiger charge is 2.22. The fraction of sp³-hybridized carbons (Fsp3) is 0.250. The predicted octanol–water partition coefficient (Wildman–Crippen LogP) is 3.14. The Bertz CT molecular complexity index is 1010. The van der Waals surface area contributed by atoms with E-state index in [1.807, 2.05) is 32.0 Å². The summed E-state index contributed by atoms with van der Waals surface area (Å²) in [5.74, 6) is -0.576. The molecule has 1 atom stereocenters. The molecule has 0 bridgehead atoms. The maximum Gasteiger partial charge on any atom is 0.359 e. The van der Waals surface area contributed by atoms with Crippen LogP contribution in [-0.2, 0) is 9.53 Å². The standard InChI is InChI=1S/C20H21N3O4/c1-12-8-9-17(26-4)15(10-12)22-19(24)14(3)27-20(25)16-11-23-13(2)6-5-7-18(23)21-16/h5-11,14H,1-4H3,(H,22,24)/t14-/m0/s1. The average Bonchev–Trinajstić information content (AvgIpc) is 3.08. The van der Waals surface area contributed by atoms with E-state index < -0.39 is 18.0 Å². The van der Waals surface area contributed by atoms with E-state index in [2.05, 4.69) is 10.3 Å². The number of esters is 1. The third-order valence-corrected chi connectivity index (χ3v) is 4.17. The number of fused-ring (bicyclic) bond motifs is 1. The molecule has 140 valence electrons. The molecule has 2 aromatic heterocycles. The van der Waals surface area contributed by atoms with Gasteiger partial charge in [0.15, 0.2) is 11.8 Å². The molecule has 2 heterocycles. The number of anilines is 1. The summed E-state index contributed by atoms with van der Waals surface area (Å²) in [5, 5.41) is 2.73. The first-order valence-corrected chi connectivity index (χ1v) is 8.50. The lowest BCUT2D eigenvalue weighted by molar-refractivity contribution is -0.123. The Morgan fingerprint density at radius 2 is 1.96 bits per heavy atom. The molecular weight excluding hydrogens is 346 g/mol. The third kappa shape index (κ3) is 3.92. The molecule has 0 aliphatic rings. The summed E-state index contributed by atoms with van der Waals surface area (Å²) >= 11 is 0. The lowest BCUT2D eigenvalue weighted by atomic mass is 10.2. The molecule has 0 spiro atoms. The number of aromatic nitrogens is 2. The van der Waals surface area contributed by atoms with E-state index in [0.29, 0.717) is 17.1 Å². The highest BCUT2D eigenvalue weighted by atomic mass is 16.5. The van der Waals surface area contributed by atoms with Crippen LogP contribution in [0.2, 0.25) is 0 Å². The van der Waals surface area contributed by atoms with Crippen LogP contribution in [0.3, 0.4) is 0 Å². The molecule has 27 heavy (non-hydrogen) atoms. The second kappa shape index (κ2) is 7.49. The van der Waals surface area contributed by atoms with E-state index in [-0.39, 0.29) is 5.69 Å². The molecule has 0 saturated carbocycles. The van der Waals surface area contributed by atoms with Gasteiger partial charge in [0.25, 0.3) is 5.91 Å². The fourth-order valence-electron chi connectivity index (χ4n) is 2.68. The molecule has 3 rings (SSSR count). The Hall–Kier alpha value is -3.35. The summed E-state index contributed by atoms with van der Waals surface area (Å²) < 4.78 is 12.3.